The topological polar surface area (TPSA) is 63.2 Å². The molecule has 0 atom stereocenters. The lowest BCUT2D eigenvalue weighted by Crippen LogP contribution is -2.31. The molecule has 1 rings (SSSR count). The minimum atomic E-state index is -3.60. The minimum absolute atomic E-state index is 0.110. The number of amides is 1. The van der Waals surface area contributed by atoms with Crippen LogP contribution >= 0.6 is 11.6 Å². The number of hydrogen-bond donors (Lipinski definition) is 1. The van der Waals surface area contributed by atoms with E-state index in [0.717, 1.165) is 12.8 Å². The Bertz CT molecular complexity index is 538. The summed E-state index contributed by atoms with van der Waals surface area (Å²) in [4.78, 5) is 11.7. The predicted molar refractivity (Wildman–Crippen MR) is 80.6 cm³/mol. The van der Waals surface area contributed by atoms with Crippen molar-refractivity contribution in [2.75, 3.05) is 12.3 Å². The van der Waals surface area contributed by atoms with Crippen molar-refractivity contribution in [2.45, 2.75) is 31.6 Å². The molecule has 0 aromatic heterocycles. The van der Waals surface area contributed by atoms with E-state index in [4.69, 9.17) is 11.6 Å². The van der Waals surface area contributed by atoms with Crippen LogP contribution in [0, 0.1) is 5.92 Å². The molecule has 0 aliphatic carbocycles. The third-order valence-corrected chi connectivity index (χ3v) is 4.66. The molecule has 0 radical (unpaired) electrons. The number of rotatable bonds is 7. The van der Waals surface area contributed by atoms with Gasteiger partial charge in [0.15, 0.2) is 9.84 Å². The number of halogens is 1. The molecule has 1 N–H and O–H groups in total. The highest BCUT2D eigenvalue weighted by Gasteiger charge is 2.18. The molecular weight excluding hydrogens is 298 g/mol. The van der Waals surface area contributed by atoms with Gasteiger partial charge in [-0.25, -0.2) is 8.42 Å². The molecule has 6 heteroatoms. The van der Waals surface area contributed by atoms with Crippen molar-refractivity contribution in [3.63, 3.8) is 0 Å². The lowest BCUT2D eigenvalue weighted by atomic mass is 10.1. The number of nitrogens with one attached hydrogen (secondary N) is 1. The van der Waals surface area contributed by atoms with Crippen LogP contribution < -0.4 is 5.32 Å². The Labute approximate surface area is 125 Å². The monoisotopic (exact) mass is 317 g/mol. The average Bonchev–Trinajstić information content (AvgIpc) is 2.34. The second-order valence-corrected chi connectivity index (χ2v) is 7.53. The first-order valence-corrected chi connectivity index (χ1v) is 8.59. The Balaban J connectivity index is 2.50. The number of benzene rings is 1. The minimum Gasteiger partial charge on any atom is -0.355 e. The van der Waals surface area contributed by atoms with Gasteiger partial charge in [-0.15, -0.1) is 0 Å². The fraction of sp³-hybridized carbons (Fsp3) is 0.500. The maximum Gasteiger partial charge on any atom is 0.235 e. The van der Waals surface area contributed by atoms with E-state index >= 15 is 0 Å². The molecule has 4 nitrogen and oxygen atoms in total. The summed E-state index contributed by atoms with van der Waals surface area (Å²) < 4.78 is 24.0. The molecule has 0 aliphatic rings. The van der Waals surface area contributed by atoms with Gasteiger partial charge in [0.1, 0.15) is 5.75 Å². The number of hydrogen-bond acceptors (Lipinski definition) is 3. The average molecular weight is 318 g/mol. The Morgan fingerprint density at radius 2 is 1.85 bits per heavy atom. The van der Waals surface area contributed by atoms with Crippen molar-refractivity contribution < 1.29 is 13.2 Å². The van der Waals surface area contributed by atoms with Crippen molar-refractivity contribution in [2.24, 2.45) is 5.92 Å². The third kappa shape index (κ3) is 5.92. The lowest BCUT2D eigenvalue weighted by Gasteiger charge is -2.07. The van der Waals surface area contributed by atoms with Crippen molar-refractivity contribution in [1.29, 1.82) is 0 Å². The number of sulfone groups is 1. The van der Waals surface area contributed by atoms with Crippen molar-refractivity contribution in [1.82, 2.24) is 5.32 Å². The third-order valence-electron chi connectivity index (χ3n) is 2.77. The largest absolute Gasteiger partial charge is 0.355 e. The van der Waals surface area contributed by atoms with Gasteiger partial charge >= 0.3 is 0 Å². The van der Waals surface area contributed by atoms with Gasteiger partial charge in [-0.3, -0.25) is 4.79 Å². The van der Waals surface area contributed by atoms with Crippen molar-refractivity contribution >= 4 is 27.3 Å². The molecule has 1 aromatic carbocycles. The number of carbonyl (C=O) groups excluding carboxylic acids is 1. The summed E-state index contributed by atoms with van der Waals surface area (Å²) in [6.07, 6.45) is 1.86. The summed E-state index contributed by atoms with van der Waals surface area (Å²) >= 11 is 5.70. The molecule has 20 heavy (non-hydrogen) atoms. The van der Waals surface area contributed by atoms with Gasteiger partial charge in [0.2, 0.25) is 5.91 Å². The standard InChI is InChI=1S/C14H20ClNO3S/c1-11(2)4-3-9-16-14(17)10-20(18,19)13-7-5-12(15)6-8-13/h5-8,11H,3-4,9-10H2,1-2H3,(H,16,17). The molecule has 0 saturated carbocycles. The van der Waals surface area contributed by atoms with Gasteiger partial charge in [-0.1, -0.05) is 25.4 Å². The molecule has 0 bridgehead atoms. The van der Waals surface area contributed by atoms with E-state index in [-0.39, 0.29) is 4.90 Å². The van der Waals surface area contributed by atoms with Gasteiger partial charge in [0.05, 0.1) is 4.90 Å². The van der Waals surface area contributed by atoms with E-state index < -0.39 is 21.5 Å². The Kier molecular flexibility index (Phi) is 6.49. The molecule has 0 spiro atoms. The maximum atomic E-state index is 12.0. The van der Waals surface area contributed by atoms with Crippen molar-refractivity contribution in [3.05, 3.63) is 29.3 Å². The highest BCUT2D eigenvalue weighted by atomic mass is 35.5. The van der Waals surface area contributed by atoms with Gasteiger partial charge in [-0.05, 0) is 43.0 Å². The fourth-order valence-electron chi connectivity index (χ4n) is 1.69. The van der Waals surface area contributed by atoms with Crippen LogP contribution in [-0.2, 0) is 14.6 Å². The molecule has 0 aliphatic heterocycles. The predicted octanol–water partition coefficient (Wildman–Crippen LogP) is 2.67. The molecule has 0 heterocycles. The van der Waals surface area contributed by atoms with Crippen LogP contribution in [0.5, 0.6) is 0 Å². The summed E-state index contributed by atoms with van der Waals surface area (Å²) in [7, 11) is -3.60. The van der Waals surface area contributed by atoms with Gasteiger partial charge in [0, 0.05) is 11.6 Å². The summed E-state index contributed by atoms with van der Waals surface area (Å²) in [5.41, 5.74) is 0. The van der Waals surface area contributed by atoms with Crippen LogP contribution in [0.3, 0.4) is 0 Å². The SMILES string of the molecule is CC(C)CCCNC(=O)CS(=O)(=O)c1ccc(Cl)cc1. The van der Waals surface area contributed by atoms with E-state index in [9.17, 15) is 13.2 Å². The van der Waals surface area contributed by atoms with E-state index in [0.29, 0.717) is 17.5 Å². The first kappa shape index (κ1) is 17.0. The van der Waals surface area contributed by atoms with Gasteiger partial charge in [0.25, 0.3) is 0 Å². The Morgan fingerprint density at radius 3 is 2.40 bits per heavy atom. The zero-order valence-corrected chi connectivity index (χ0v) is 13.3. The zero-order valence-electron chi connectivity index (χ0n) is 11.7. The smallest absolute Gasteiger partial charge is 0.235 e. The highest BCUT2D eigenvalue weighted by Crippen LogP contribution is 2.15. The molecule has 0 unspecified atom stereocenters. The van der Waals surface area contributed by atoms with Crippen LogP contribution in [0.2, 0.25) is 5.02 Å². The van der Waals surface area contributed by atoms with Crippen LogP contribution in [0.1, 0.15) is 26.7 Å². The number of carbonyl (C=O) groups is 1. The van der Waals surface area contributed by atoms with E-state index in [1.165, 1.54) is 24.3 Å². The Hall–Kier alpha value is -1.07. The van der Waals surface area contributed by atoms with Gasteiger partial charge in [-0.2, -0.15) is 0 Å². The summed E-state index contributed by atoms with van der Waals surface area (Å²) in [5, 5.41) is 3.09. The maximum absolute atomic E-state index is 12.0. The van der Waals surface area contributed by atoms with E-state index in [1.807, 2.05) is 0 Å². The quantitative estimate of drug-likeness (QED) is 0.786. The first-order chi connectivity index (χ1) is 9.31. The van der Waals surface area contributed by atoms with Crippen molar-refractivity contribution in [3.8, 4) is 0 Å². The summed E-state index contributed by atoms with van der Waals surface area (Å²) in [5.74, 6) is -0.426. The molecular formula is C14H20ClNO3S. The normalized spacial score (nSPS) is 11.6. The van der Waals surface area contributed by atoms with E-state index in [2.05, 4.69) is 19.2 Å². The zero-order chi connectivity index (χ0) is 15.2. The van der Waals surface area contributed by atoms with E-state index in [1.54, 1.807) is 0 Å². The lowest BCUT2D eigenvalue weighted by molar-refractivity contribution is -0.118. The summed E-state index contributed by atoms with van der Waals surface area (Å²) in [6, 6.07) is 5.80. The second kappa shape index (κ2) is 7.64. The highest BCUT2D eigenvalue weighted by molar-refractivity contribution is 7.92. The molecule has 1 aromatic rings. The fourth-order valence-corrected chi connectivity index (χ4v) is 2.98. The van der Waals surface area contributed by atoms with Crippen LogP contribution in [0.4, 0.5) is 0 Å². The molecule has 112 valence electrons. The molecule has 0 saturated heterocycles. The van der Waals surface area contributed by atoms with Gasteiger partial charge < -0.3 is 5.32 Å². The summed E-state index contributed by atoms with van der Waals surface area (Å²) in [6.45, 7) is 4.72. The van der Waals surface area contributed by atoms with Crippen LogP contribution in [-0.4, -0.2) is 26.6 Å². The Morgan fingerprint density at radius 1 is 1.25 bits per heavy atom. The molecule has 0 fully saturated rings. The second-order valence-electron chi connectivity index (χ2n) is 5.10. The van der Waals surface area contributed by atoms with Crippen LogP contribution in [0.25, 0.3) is 0 Å². The first-order valence-electron chi connectivity index (χ1n) is 6.56. The van der Waals surface area contributed by atoms with Crippen LogP contribution in [0.15, 0.2) is 29.2 Å². The molecule has 1 amide bonds.